The number of hydrogen-bond acceptors (Lipinski definition) is 3. The third kappa shape index (κ3) is 3.96. The van der Waals surface area contributed by atoms with Crippen LogP contribution in [0.2, 0.25) is 0 Å². The van der Waals surface area contributed by atoms with E-state index in [1.54, 1.807) is 16.9 Å². The Morgan fingerprint density at radius 1 is 1.08 bits per heavy atom. The van der Waals surface area contributed by atoms with Crippen LogP contribution < -0.4 is 15.0 Å². The lowest BCUT2D eigenvalue weighted by atomic mass is 10.1. The van der Waals surface area contributed by atoms with E-state index in [1.165, 1.54) is 5.56 Å². The lowest BCUT2D eigenvalue weighted by molar-refractivity contribution is -0.116. The van der Waals surface area contributed by atoms with Gasteiger partial charge in [-0.2, -0.15) is 0 Å². The molecule has 1 saturated heterocycles. The van der Waals surface area contributed by atoms with Crippen molar-refractivity contribution < 1.29 is 14.3 Å². The van der Waals surface area contributed by atoms with Gasteiger partial charge in [0.05, 0.1) is 7.11 Å². The number of carbonyl (C=O) groups excluding carboxylic acids is 2. The Kier molecular flexibility index (Phi) is 5.41. The number of aryl methyl sites for hydroxylation is 1. The lowest BCUT2D eigenvalue weighted by Crippen LogP contribution is -2.37. The summed E-state index contributed by atoms with van der Waals surface area (Å²) in [6.45, 7) is 3.21. The smallest absolute Gasteiger partial charge is 0.325 e. The van der Waals surface area contributed by atoms with Gasteiger partial charge in [-0.1, -0.05) is 19.1 Å². The molecule has 6 nitrogen and oxygen atoms in total. The first-order chi connectivity index (χ1) is 12.6. The SMILES string of the molecule is CCc1ccc(NC(=O)CN2CCN(c3ccc(OC)cc3)C2=O)cc1. The largest absolute Gasteiger partial charge is 0.497 e. The van der Waals surface area contributed by atoms with E-state index in [-0.39, 0.29) is 18.5 Å². The number of carbonyl (C=O) groups is 2. The van der Waals surface area contributed by atoms with Gasteiger partial charge in [0.15, 0.2) is 0 Å². The summed E-state index contributed by atoms with van der Waals surface area (Å²) in [5.41, 5.74) is 2.76. The van der Waals surface area contributed by atoms with Crippen molar-refractivity contribution in [3.63, 3.8) is 0 Å². The maximum atomic E-state index is 12.6. The first-order valence-corrected chi connectivity index (χ1v) is 8.70. The number of nitrogens with zero attached hydrogens (tertiary/aromatic N) is 2. The molecule has 1 aliphatic heterocycles. The number of nitrogens with one attached hydrogen (secondary N) is 1. The van der Waals surface area contributed by atoms with E-state index in [2.05, 4.69) is 12.2 Å². The molecule has 1 N–H and O–H groups in total. The fourth-order valence-corrected chi connectivity index (χ4v) is 2.93. The van der Waals surface area contributed by atoms with Crippen LogP contribution in [0.4, 0.5) is 16.2 Å². The quantitative estimate of drug-likeness (QED) is 0.868. The first kappa shape index (κ1) is 17.8. The average Bonchev–Trinajstić information content (AvgIpc) is 3.02. The fourth-order valence-electron chi connectivity index (χ4n) is 2.93. The third-order valence-electron chi connectivity index (χ3n) is 4.46. The second-order valence-electron chi connectivity index (χ2n) is 6.15. The molecule has 0 unspecified atom stereocenters. The highest BCUT2D eigenvalue weighted by atomic mass is 16.5. The molecule has 2 aromatic rings. The van der Waals surface area contributed by atoms with Crippen LogP contribution in [0.25, 0.3) is 0 Å². The molecule has 0 radical (unpaired) electrons. The monoisotopic (exact) mass is 353 g/mol. The summed E-state index contributed by atoms with van der Waals surface area (Å²) in [6.07, 6.45) is 0.956. The Hall–Kier alpha value is -3.02. The number of hydrogen-bond donors (Lipinski definition) is 1. The second kappa shape index (κ2) is 7.91. The van der Waals surface area contributed by atoms with E-state index in [9.17, 15) is 9.59 Å². The number of amides is 3. The van der Waals surface area contributed by atoms with Crippen molar-refractivity contribution in [3.8, 4) is 5.75 Å². The van der Waals surface area contributed by atoms with Gasteiger partial charge in [0.1, 0.15) is 12.3 Å². The molecule has 3 rings (SSSR count). The number of rotatable bonds is 6. The lowest BCUT2D eigenvalue weighted by Gasteiger charge is -2.18. The molecule has 136 valence electrons. The number of urea groups is 1. The number of anilines is 2. The number of ether oxygens (including phenoxy) is 1. The van der Waals surface area contributed by atoms with Crippen molar-refractivity contribution in [2.45, 2.75) is 13.3 Å². The predicted octanol–water partition coefficient (Wildman–Crippen LogP) is 3.14. The molecule has 0 spiro atoms. The van der Waals surface area contributed by atoms with Gasteiger partial charge in [-0.25, -0.2) is 4.79 Å². The molecule has 0 aromatic heterocycles. The average molecular weight is 353 g/mol. The molecule has 1 fully saturated rings. The van der Waals surface area contributed by atoms with Gasteiger partial charge in [-0.3, -0.25) is 9.69 Å². The Labute approximate surface area is 153 Å². The minimum absolute atomic E-state index is 0.0427. The van der Waals surface area contributed by atoms with Crippen LogP contribution in [-0.4, -0.2) is 43.6 Å². The third-order valence-corrected chi connectivity index (χ3v) is 4.46. The summed E-state index contributed by atoms with van der Waals surface area (Å²) in [7, 11) is 1.60. The minimum Gasteiger partial charge on any atom is -0.497 e. The van der Waals surface area contributed by atoms with Gasteiger partial charge >= 0.3 is 6.03 Å². The van der Waals surface area contributed by atoms with Gasteiger partial charge in [0.2, 0.25) is 5.91 Å². The van der Waals surface area contributed by atoms with Crippen molar-refractivity contribution in [2.24, 2.45) is 0 Å². The standard InChI is InChI=1S/C20H23N3O3/c1-3-15-4-6-16(7-5-15)21-19(24)14-22-12-13-23(20(22)25)17-8-10-18(26-2)11-9-17/h4-11H,3,12-14H2,1-2H3,(H,21,24). The van der Waals surface area contributed by atoms with Crippen molar-refractivity contribution in [1.82, 2.24) is 4.90 Å². The van der Waals surface area contributed by atoms with Crippen molar-refractivity contribution in [3.05, 3.63) is 54.1 Å². The molecule has 0 aliphatic carbocycles. The zero-order valence-corrected chi connectivity index (χ0v) is 15.1. The summed E-state index contributed by atoms with van der Waals surface area (Å²) in [5.74, 6) is 0.546. The van der Waals surface area contributed by atoms with Gasteiger partial charge in [0.25, 0.3) is 0 Å². The maximum Gasteiger partial charge on any atom is 0.325 e. The Morgan fingerprint density at radius 2 is 1.77 bits per heavy atom. The van der Waals surface area contributed by atoms with Crippen LogP contribution in [0.1, 0.15) is 12.5 Å². The molecule has 0 saturated carbocycles. The summed E-state index contributed by atoms with van der Waals surface area (Å²) in [6, 6.07) is 14.9. The summed E-state index contributed by atoms with van der Waals surface area (Å²) in [5, 5.41) is 2.84. The summed E-state index contributed by atoms with van der Waals surface area (Å²) in [4.78, 5) is 28.1. The topological polar surface area (TPSA) is 61.9 Å². The van der Waals surface area contributed by atoms with Crippen LogP contribution in [0.15, 0.2) is 48.5 Å². The summed E-state index contributed by atoms with van der Waals surface area (Å²) >= 11 is 0. The first-order valence-electron chi connectivity index (χ1n) is 8.70. The zero-order valence-electron chi connectivity index (χ0n) is 15.1. The van der Waals surface area contributed by atoms with Crippen molar-refractivity contribution in [2.75, 3.05) is 37.0 Å². The Bertz CT molecular complexity index is 772. The molecule has 26 heavy (non-hydrogen) atoms. The molecular formula is C20H23N3O3. The normalized spacial score (nSPS) is 13.8. The van der Waals surface area contributed by atoms with Crippen LogP contribution in [-0.2, 0) is 11.2 Å². The molecule has 2 aromatic carbocycles. The Morgan fingerprint density at radius 3 is 2.38 bits per heavy atom. The highest BCUT2D eigenvalue weighted by molar-refractivity contribution is 5.99. The summed E-state index contributed by atoms with van der Waals surface area (Å²) < 4.78 is 5.14. The molecule has 0 bridgehead atoms. The van der Waals surface area contributed by atoms with E-state index >= 15 is 0 Å². The van der Waals surface area contributed by atoms with Crippen LogP contribution >= 0.6 is 0 Å². The molecule has 3 amide bonds. The minimum atomic E-state index is -0.195. The van der Waals surface area contributed by atoms with Crippen LogP contribution in [0, 0.1) is 0 Å². The molecule has 1 heterocycles. The number of benzene rings is 2. The highest BCUT2D eigenvalue weighted by Gasteiger charge is 2.30. The van der Waals surface area contributed by atoms with E-state index in [0.717, 1.165) is 23.5 Å². The zero-order chi connectivity index (χ0) is 18.5. The predicted molar refractivity (Wildman–Crippen MR) is 102 cm³/mol. The highest BCUT2D eigenvalue weighted by Crippen LogP contribution is 2.23. The molecule has 0 atom stereocenters. The van der Waals surface area contributed by atoms with Gasteiger partial charge in [-0.05, 0) is 48.4 Å². The van der Waals surface area contributed by atoms with E-state index in [1.807, 2.05) is 48.5 Å². The van der Waals surface area contributed by atoms with E-state index in [4.69, 9.17) is 4.74 Å². The van der Waals surface area contributed by atoms with Crippen LogP contribution in [0.5, 0.6) is 5.75 Å². The maximum absolute atomic E-state index is 12.6. The van der Waals surface area contributed by atoms with Crippen LogP contribution in [0.3, 0.4) is 0 Å². The number of methoxy groups -OCH3 is 1. The van der Waals surface area contributed by atoms with Gasteiger partial charge in [-0.15, -0.1) is 0 Å². The van der Waals surface area contributed by atoms with E-state index in [0.29, 0.717) is 13.1 Å². The second-order valence-corrected chi connectivity index (χ2v) is 6.15. The van der Waals surface area contributed by atoms with Gasteiger partial charge < -0.3 is 15.0 Å². The molecular weight excluding hydrogens is 330 g/mol. The molecule has 1 aliphatic rings. The fraction of sp³-hybridized carbons (Fsp3) is 0.300. The molecule has 6 heteroatoms. The Balaban J connectivity index is 1.58. The van der Waals surface area contributed by atoms with Crippen molar-refractivity contribution in [1.29, 1.82) is 0 Å². The van der Waals surface area contributed by atoms with Gasteiger partial charge in [0, 0.05) is 24.5 Å². The van der Waals surface area contributed by atoms with E-state index < -0.39 is 0 Å². The van der Waals surface area contributed by atoms with Crippen molar-refractivity contribution >= 4 is 23.3 Å².